The van der Waals surface area contributed by atoms with E-state index in [1.807, 2.05) is 32.9 Å². The largest absolute Gasteiger partial charge is 0.496 e. The summed E-state index contributed by atoms with van der Waals surface area (Å²) in [6.07, 6.45) is 0. The Morgan fingerprint density at radius 1 is 1.19 bits per heavy atom. The van der Waals surface area contributed by atoms with Crippen LogP contribution in [0.25, 0.3) is 11.4 Å². The number of halogens is 1. The summed E-state index contributed by atoms with van der Waals surface area (Å²) in [4.78, 5) is 0. The van der Waals surface area contributed by atoms with Gasteiger partial charge in [0.05, 0.1) is 12.7 Å². The van der Waals surface area contributed by atoms with E-state index in [2.05, 4.69) is 10.2 Å². The maximum Gasteiger partial charge on any atom is 0.296 e. The van der Waals surface area contributed by atoms with Crippen LogP contribution < -0.4 is 4.74 Å². The number of para-hydroxylation sites is 1. The van der Waals surface area contributed by atoms with Gasteiger partial charge in [0, 0.05) is 16.2 Å². The van der Waals surface area contributed by atoms with Gasteiger partial charge in [0.25, 0.3) is 14.2 Å². The summed E-state index contributed by atoms with van der Waals surface area (Å²) in [6, 6.07) is 7.19. The van der Waals surface area contributed by atoms with Crippen LogP contribution >= 0.6 is 10.7 Å². The minimum absolute atomic E-state index is 0.280. The number of hydrogen-bond acceptors (Lipinski definition) is 5. The second-order valence-corrected chi connectivity index (χ2v) is 7.91. The smallest absolute Gasteiger partial charge is 0.296 e. The van der Waals surface area contributed by atoms with E-state index in [0.717, 1.165) is 0 Å². The van der Waals surface area contributed by atoms with E-state index in [0.29, 0.717) is 17.1 Å². The maximum atomic E-state index is 11.7. The Morgan fingerprint density at radius 3 is 2.33 bits per heavy atom. The molecule has 0 aliphatic carbocycles. The maximum absolute atomic E-state index is 11.7. The van der Waals surface area contributed by atoms with E-state index in [-0.39, 0.29) is 5.16 Å². The lowest BCUT2D eigenvalue weighted by Crippen LogP contribution is -2.26. The van der Waals surface area contributed by atoms with Crippen LogP contribution in [0.3, 0.4) is 0 Å². The average Bonchev–Trinajstić information content (AvgIpc) is 2.83. The van der Waals surface area contributed by atoms with Crippen LogP contribution in [-0.2, 0) is 14.6 Å². The molecular weight excluding hydrogens is 314 g/mol. The van der Waals surface area contributed by atoms with Gasteiger partial charge in [0.1, 0.15) is 5.75 Å². The molecule has 0 atom stereocenters. The van der Waals surface area contributed by atoms with Crippen molar-refractivity contribution < 1.29 is 13.2 Å². The number of rotatable bonds is 3. The lowest BCUT2D eigenvalue weighted by atomic mass is 10.1. The highest BCUT2D eigenvalue weighted by Crippen LogP contribution is 2.33. The summed E-state index contributed by atoms with van der Waals surface area (Å²) in [5, 5.41) is 7.46. The van der Waals surface area contributed by atoms with Crippen LogP contribution in [0.2, 0.25) is 0 Å². The molecule has 0 saturated carbocycles. The molecule has 0 aliphatic rings. The Hall–Kier alpha value is -1.60. The second kappa shape index (κ2) is 5.31. The molecule has 21 heavy (non-hydrogen) atoms. The molecule has 0 saturated heterocycles. The molecule has 0 N–H and O–H groups in total. The third-order valence-corrected chi connectivity index (χ3v) is 3.98. The van der Waals surface area contributed by atoms with Crippen molar-refractivity contribution in [3.63, 3.8) is 0 Å². The highest BCUT2D eigenvalue weighted by Gasteiger charge is 2.31. The molecule has 114 valence electrons. The zero-order valence-electron chi connectivity index (χ0n) is 12.2. The first kappa shape index (κ1) is 15.8. The van der Waals surface area contributed by atoms with Crippen LogP contribution in [0, 0.1) is 0 Å². The number of methoxy groups -OCH3 is 1. The molecule has 0 fully saturated rings. The van der Waals surface area contributed by atoms with Gasteiger partial charge >= 0.3 is 0 Å². The summed E-state index contributed by atoms with van der Waals surface area (Å²) in [5.74, 6) is 0.966. The minimum atomic E-state index is -4.00. The van der Waals surface area contributed by atoms with Gasteiger partial charge in [-0.25, -0.2) is 8.42 Å². The van der Waals surface area contributed by atoms with Crippen molar-refractivity contribution in [3.05, 3.63) is 24.3 Å². The number of benzene rings is 1. The summed E-state index contributed by atoms with van der Waals surface area (Å²) in [6.45, 7) is 5.54. The molecule has 0 radical (unpaired) electrons. The van der Waals surface area contributed by atoms with Crippen molar-refractivity contribution in [1.29, 1.82) is 0 Å². The monoisotopic (exact) mass is 329 g/mol. The van der Waals surface area contributed by atoms with E-state index < -0.39 is 14.6 Å². The Bertz CT molecular complexity index is 763. The van der Waals surface area contributed by atoms with Crippen molar-refractivity contribution >= 4 is 19.7 Å². The van der Waals surface area contributed by atoms with Crippen molar-refractivity contribution in [2.45, 2.75) is 31.5 Å². The first-order valence-electron chi connectivity index (χ1n) is 6.20. The Balaban J connectivity index is 2.80. The lowest BCUT2D eigenvalue weighted by Gasteiger charge is -2.24. The van der Waals surface area contributed by atoms with Crippen molar-refractivity contribution in [3.8, 4) is 17.1 Å². The van der Waals surface area contributed by atoms with E-state index in [1.165, 1.54) is 11.7 Å². The van der Waals surface area contributed by atoms with Crippen LogP contribution in [0.5, 0.6) is 5.75 Å². The zero-order chi connectivity index (χ0) is 15.8. The molecule has 0 unspecified atom stereocenters. The van der Waals surface area contributed by atoms with Gasteiger partial charge < -0.3 is 4.74 Å². The SMILES string of the molecule is COc1ccccc1-c1nnc(S(=O)(=O)Cl)n1C(C)(C)C. The van der Waals surface area contributed by atoms with Crippen molar-refractivity contribution in [2.24, 2.45) is 0 Å². The van der Waals surface area contributed by atoms with E-state index in [9.17, 15) is 8.42 Å². The number of nitrogens with zero attached hydrogens (tertiary/aromatic N) is 3. The molecule has 0 amide bonds. The molecule has 0 aliphatic heterocycles. The third kappa shape index (κ3) is 3.03. The topological polar surface area (TPSA) is 74.1 Å². The first-order valence-corrected chi connectivity index (χ1v) is 8.51. The quantitative estimate of drug-likeness (QED) is 0.809. The zero-order valence-corrected chi connectivity index (χ0v) is 13.7. The van der Waals surface area contributed by atoms with E-state index in [4.69, 9.17) is 15.4 Å². The minimum Gasteiger partial charge on any atom is -0.496 e. The van der Waals surface area contributed by atoms with Crippen LogP contribution in [-0.4, -0.2) is 30.3 Å². The molecule has 8 heteroatoms. The highest BCUT2D eigenvalue weighted by atomic mass is 35.7. The van der Waals surface area contributed by atoms with Gasteiger partial charge in [-0.15, -0.1) is 10.2 Å². The summed E-state index contributed by atoms with van der Waals surface area (Å²) in [7, 11) is 3.00. The van der Waals surface area contributed by atoms with Gasteiger partial charge in [0.15, 0.2) is 5.82 Å². The van der Waals surface area contributed by atoms with E-state index >= 15 is 0 Å². The predicted octanol–water partition coefficient (Wildman–Crippen LogP) is 2.64. The van der Waals surface area contributed by atoms with Crippen LogP contribution in [0.4, 0.5) is 0 Å². The molecule has 2 rings (SSSR count). The molecule has 1 aromatic carbocycles. The lowest BCUT2D eigenvalue weighted by molar-refractivity contribution is 0.365. The van der Waals surface area contributed by atoms with Gasteiger partial charge in [-0.1, -0.05) is 12.1 Å². The summed E-state index contributed by atoms with van der Waals surface area (Å²) in [5.41, 5.74) is 0.0748. The fraction of sp³-hybridized carbons (Fsp3) is 0.385. The number of aromatic nitrogens is 3. The fourth-order valence-corrected chi connectivity index (χ4v) is 3.05. The Labute approximate surface area is 128 Å². The van der Waals surface area contributed by atoms with Gasteiger partial charge in [-0.2, -0.15) is 0 Å². The molecule has 0 bridgehead atoms. The normalized spacial score (nSPS) is 12.4. The second-order valence-electron chi connectivity index (χ2n) is 5.45. The van der Waals surface area contributed by atoms with Crippen LogP contribution in [0.1, 0.15) is 20.8 Å². The fourth-order valence-electron chi connectivity index (χ4n) is 2.04. The Morgan fingerprint density at radius 2 is 1.81 bits per heavy atom. The van der Waals surface area contributed by atoms with Gasteiger partial charge in [-0.05, 0) is 32.9 Å². The molecule has 2 aromatic rings. The van der Waals surface area contributed by atoms with Gasteiger partial charge in [-0.3, -0.25) is 4.57 Å². The van der Waals surface area contributed by atoms with Crippen molar-refractivity contribution in [2.75, 3.05) is 7.11 Å². The number of ether oxygens (including phenoxy) is 1. The molecule has 0 spiro atoms. The van der Waals surface area contributed by atoms with Gasteiger partial charge in [0.2, 0.25) is 0 Å². The standard InChI is InChI=1S/C13H16ClN3O3S/c1-13(2,3)17-11(15-16-12(17)21(14,18)19)9-7-5-6-8-10(9)20-4/h5-8H,1-4H3. The summed E-state index contributed by atoms with van der Waals surface area (Å²) >= 11 is 0. The predicted molar refractivity (Wildman–Crippen MR) is 80.0 cm³/mol. The Kier molecular flexibility index (Phi) is 3.99. The molecule has 1 aromatic heterocycles. The molecule has 1 heterocycles. The van der Waals surface area contributed by atoms with E-state index in [1.54, 1.807) is 12.1 Å². The number of hydrogen-bond donors (Lipinski definition) is 0. The van der Waals surface area contributed by atoms with Crippen LogP contribution in [0.15, 0.2) is 29.4 Å². The third-order valence-electron chi connectivity index (χ3n) is 2.87. The average molecular weight is 330 g/mol. The van der Waals surface area contributed by atoms with Crippen molar-refractivity contribution in [1.82, 2.24) is 14.8 Å². The highest BCUT2D eigenvalue weighted by molar-refractivity contribution is 8.13. The molecule has 6 nitrogen and oxygen atoms in total. The summed E-state index contributed by atoms with van der Waals surface area (Å²) < 4.78 is 30.2. The first-order chi connectivity index (χ1) is 9.66. The molecular formula is C13H16ClN3O3S.